The fourth-order valence-electron chi connectivity index (χ4n) is 3.59. The van der Waals surface area contributed by atoms with Crippen LogP contribution in [0.4, 0.5) is 11.4 Å². The molecule has 0 fully saturated rings. The minimum Gasteiger partial charge on any atom is -0.451 e. The molecule has 0 bridgehead atoms. The lowest BCUT2D eigenvalue weighted by Crippen LogP contribution is -2.45. The fourth-order valence-corrected chi connectivity index (χ4v) is 3.59. The Kier molecular flexibility index (Phi) is 4.80. The predicted molar refractivity (Wildman–Crippen MR) is 110 cm³/mol. The largest absolute Gasteiger partial charge is 0.451 e. The van der Waals surface area contributed by atoms with Crippen molar-refractivity contribution in [2.75, 3.05) is 23.8 Å². The topological polar surface area (TPSA) is 82.9 Å². The van der Waals surface area contributed by atoms with Crippen molar-refractivity contribution in [1.29, 1.82) is 0 Å². The van der Waals surface area contributed by atoms with E-state index in [1.165, 1.54) is 4.90 Å². The Labute approximate surface area is 167 Å². The summed E-state index contributed by atoms with van der Waals surface area (Å²) >= 11 is 0. The van der Waals surface area contributed by atoms with Crippen LogP contribution in [-0.2, 0) is 9.59 Å². The SMILES string of the molecule is C[C@@H]1CC(=O)Nc2ccccc2N1C(=O)CN(C)C(=O)c1cc2ccccc2o1. The van der Waals surface area contributed by atoms with Gasteiger partial charge in [-0.3, -0.25) is 14.4 Å². The molecule has 7 heteroatoms. The second-order valence-electron chi connectivity index (χ2n) is 7.19. The van der Waals surface area contributed by atoms with Crippen molar-refractivity contribution in [2.24, 2.45) is 0 Å². The lowest BCUT2D eigenvalue weighted by Gasteiger charge is -2.29. The maximum Gasteiger partial charge on any atom is 0.289 e. The van der Waals surface area contributed by atoms with Crippen LogP contribution in [0.15, 0.2) is 59.0 Å². The van der Waals surface area contributed by atoms with Gasteiger partial charge in [0.2, 0.25) is 11.8 Å². The summed E-state index contributed by atoms with van der Waals surface area (Å²) in [7, 11) is 1.56. The van der Waals surface area contributed by atoms with E-state index in [1.807, 2.05) is 31.2 Å². The van der Waals surface area contributed by atoms with Crippen molar-refractivity contribution in [2.45, 2.75) is 19.4 Å². The minimum absolute atomic E-state index is 0.136. The Balaban J connectivity index is 1.56. The summed E-state index contributed by atoms with van der Waals surface area (Å²) in [4.78, 5) is 40.9. The van der Waals surface area contributed by atoms with E-state index in [1.54, 1.807) is 42.3 Å². The highest BCUT2D eigenvalue weighted by Crippen LogP contribution is 2.31. The minimum atomic E-state index is -0.375. The lowest BCUT2D eigenvalue weighted by atomic mass is 10.1. The number of anilines is 2. The van der Waals surface area contributed by atoms with Crippen molar-refractivity contribution in [1.82, 2.24) is 4.90 Å². The predicted octanol–water partition coefficient (Wildman–Crippen LogP) is 3.27. The fraction of sp³-hybridized carbons (Fsp3) is 0.227. The molecule has 0 radical (unpaired) electrons. The van der Waals surface area contributed by atoms with E-state index in [0.717, 1.165) is 5.39 Å². The Morgan fingerprint density at radius 3 is 2.69 bits per heavy atom. The van der Waals surface area contributed by atoms with Crippen LogP contribution in [0.2, 0.25) is 0 Å². The van der Waals surface area contributed by atoms with Gasteiger partial charge in [-0.2, -0.15) is 0 Å². The second kappa shape index (κ2) is 7.43. The number of furan rings is 1. The molecule has 7 nitrogen and oxygen atoms in total. The molecule has 1 atom stereocenters. The third kappa shape index (κ3) is 3.59. The Hall–Kier alpha value is -3.61. The molecule has 0 saturated carbocycles. The highest BCUT2D eigenvalue weighted by molar-refractivity contribution is 6.06. The molecule has 1 aliphatic heterocycles. The van der Waals surface area contributed by atoms with Gasteiger partial charge in [0, 0.05) is 24.9 Å². The van der Waals surface area contributed by atoms with Gasteiger partial charge in [-0.25, -0.2) is 0 Å². The van der Waals surface area contributed by atoms with Crippen LogP contribution in [-0.4, -0.2) is 42.3 Å². The highest BCUT2D eigenvalue weighted by atomic mass is 16.3. The molecule has 4 rings (SSSR count). The number of nitrogens with one attached hydrogen (secondary N) is 1. The van der Waals surface area contributed by atoms with Crippen LogP contribution >= 0.6 is 0 Å². The maximum atomic E-state index is 13.1. The van der Waals surface area contributed by atoms with Crippen LogP contribution in [0.3, 0.4) is 0 Å². The summed E-state index contributed by atoms with van der Waals surface area (Å²) in [5, 5.41) is 3.66. The third-order valence-electron chi connectivity index (χ3n) is 4.98. The van der Waals surface area contributed by atoms with Crippen LogP contribution in [0.5, 0.6) is 0 Å². The summed E-state index contributed by atoms with van der Waals surface area (Å²) in [6.45, 7) is 1.68. The van der Waals surface area contributed by atoms with Gasteiger partial charge in [0.1, 0.15) is 12.1 Å². The normalized spacial score (nSPS) is 16.1. The molecular formula is C22H21N3O4. The lowest BCUT2D eigenvalue weighted by molar-refractivity contribution is -0.119. The van der Waals surface area contributed by atoms with Crippen LogP contribution in [0.1, 0.15) is 23.9 Å². The zero-order chi connectivity index (χ0) is 20.5. The van der Waals surface area contributed by atoms with E-state index in [2.05, 4.69) is 5.32 Å². The van der Waals surface area contributed by atoms with Gasteiger partial charge in [0.25, 0.3) is 5.91 Å². The zero-order valence-electron chi connectivity index (χ0n) is 16.2. The number of carbonyl (C=O) groups excluding carboxylic acids is 3. The van der Waals surface area contributed by atoms with E-state index in [0.29, 0.717) is 17.0 Å². The van der Waals surface area contributed by atoms with Crippen molar-refractivity contribution in [3.05, 3.63) is 60.4 Å². The first-order valence-corrected chi connectivity index (χ1v) is 9.39. The van der Waals surface area contributed by atoms with E-state index < -0.39 is 0 Å². The molecule has 148 valence electrons. The Morgan fingerprint density at radius 1 is 1.17 bits per heavy atom. The van der Waals surface area contributed by atoms with Gasteiger partial charge in [0.15, 0.2) is 5.76 Å². The molecule has 0 saturated heterocycles. The number of carbonyl (C=O) groups is 3. The molecular weight excluding hydrogens is 370 g/mol. The molecule has 2 aromatic carbocycles. The summed E-state index contributed by atoms with van der Waals surface area (Å²) in [5.74, 6) is -0.609. The van der Waals surface area contributed by atoms with Gasteiger partial charge in [-0.05, 0) is 31.2 Å². The van der Waals surface area contributed by atoms with Gasteiger partial charge in [-0.15, -0.1) is 0 Å². The zero-order valence-corrected chi connectivity index (χ0v) is 16.2. The number of rotatable bonds is 3. The number of likely N-dealkylation sites (N-methyl/N-ethyl adjacent to an activating group) is 1. The number of para-hydroxylation sites is 3. The molecule has 3 aromatic rings. The number of nitrogens with zero attached hydrogens (tertiary/aromatic N) is 2. The van der Waals surface area contributed by atoms with Crippen molar-refractivity contribution < 1.29 is 18.8 Å². The van der Waals surface area contributed by atoms with Gasteiger partial charge in [0.05, 0.1) is 11.4 Å². The molecule has 29 heavy (non-hydrogen) atoms. The highest BCUT2D eigenvalue weighted by Gasteiger charge is 2.31. The third-order valence-corrected chi connectivity index (χ3v) is 4.98. The van der Waals surface area contributed by atoms with Crippen molar-refractivity contribution in [3.8, 4) is 0 Å². The molecule has 3 amide bonds. The number of hydrogen-bond donors (Lipinski definition) is 1. The van der Waals surface area contributed by atoms with Gasteiger partial charge >= 0.3 is 0 Å². The average Bonchev–Trinajstić information content (AvgIpc) is 3.07. The van der Waals surface area contributed by atoms with Crippen molar-refractivity contribution >= 4 is 40.1 Å². The molecule has 0 unspecified atom stereocenters. The molecule has 1 aliphatic rings. The quantitative estimate of drug-likeness (QED) is 0.743. The summed E-state index contributed by atoms with van der Waals surface area (Å²) in [5.41, 5.74) is 1.83. The Morgan fingerprint density at radius 2 is 1.90 bits per heavy atom. The summed E-state index contributed by atoms with van der Waals surface area (Å²) in [6.07, 6.45) is 0.182. The van der Waals surface area contributed by atoms with E-state index in [-0.39, 0.29) is 42.5 Å². The number of hydrogen-bond acceptors (Lipinski definition) is 4. The van der Waals surface area contributed by atoms with Gasteiger partial charge < -0.3 is 19.5 Å². The molecule has 1 aromatic heterocycles. The molecule has 2 heterocycles. The van der Waals surface area contributed by atoms with Crippen molar-refractivity contribution in [3.63, 3.8) is 0 Å². The standard InChI is InChI=1S/C22H21N3O4/c1-14-11-20(26)23-16-8-4-5-9-17(16)25(14)21(27)13-24(2)22(28)19-12-15-7-3-6-10-18(15)29-19/h3-10,12,14H,11,13H2,1-2H3,(H,23,26)/t14-/m1/s1. The van der Waals surface area contributed by atoms with Crippen LogP contribution in [0, 0.1) is 0 Å². The second-order valence-corrected chi connectivity index (χ2v) is 7.19. The first kappa shape index (κ1) is 18.7. The maximum absolute atomic E-state index is 13.1. The molecule has 0 spiro atoms. The first-order chi connectivity index (χ1) is 13.9. The Bertz CT molecular complexity index is 1070. The smallest absolute Gasteiger partial charge is 0.289 e. The average molecular weight is 391 g/mol. The monoisotopic (exact) mass is 391 g/mol. The van der Waals surface area contributed by atoms with E-state index in [9.17, 15) is 14.4 Å². The number of benzene rings is 2. The van der Waals surface area contributed by atoms with Gasteiger partial charge in [-0.1, -0.05) is 30.3 Å². The molecule has 1 N–H and O–H groups in total. The summed E-state index contributed by atoms with van der Waals surface area (Å²) in [6, 6.07) is 15.9. The van der Waals surface area contributed by atoms with Crippen LogP contribution in [0.25, 0.3) is 11.0 Å². The van der Waals surface area contributed by atoms with E-state index >= 15 is 0 Å². The number of amides is 3. The number of fused-ring (bicyclic) bond motifs is 2. The first-order valence-electron chi connectivity index (χ1n) is 9.39. The molecule has 0 aliphatic carbocycles. The van der Waals surface area contributed by atoms with Crippen LogP contribution < -0.4 is 10.2 Å². The summed E-state index contributed by atoms with van der Waals surface area (Å²) < 4.78 is 5.62. The van der Waals surface area contributed by atoms with E-state index in [4.69, 9.17) is 4.42 Å².